The number of hydrogen-bond acceptors (Lipinski definition) is 3. The third-order valence-electron chi connectivity index (χ3n) is 2.51. The minimum absolute atomic E-state index is 0.0249. The van der Waals surface area contributed by atoms with Crippen molar-refractivity contribution in [3.8, 4) is 5.75 Å². The number of aryl methyl sites for hydroxylation is 2. The Kier molecular flexibility index (Phi) is 5.85. The zero-order valence-electron chi connectivity index (χ0n) is 11.6. The van der Waals surface area contributed by atoms with Gasteiger partial charge in [-0.2, -0.15) is 0 Å². The molecular weight excluding hydrogens is 244 g/mol. The van der Waals surface area contributed by atoms with Crippen molar-refractivity contribution in [1.29, 1.82) is 0 Å². The lowest BCUT2D eigenvalue weighted by Crippen LogP contribution is -2.38. The van der Waals surface area contributed by atoms with Gasteiger partial charge >= 0.3 is 0 Å². The van der Waals surface area contributed by atoms with Crippen LogP contribution in [0.2, 0.25) is 0 Å². The van der Waals surface area contributed by atoms with Crippen molar-refractivity contribution in [1.82, 2.24) is 10.6 Å². The quantitative estimate of drug-likeness (QED) is 0.803. The molecule has 0 aromatic heterocycles. The third kappa shape index (κ3) is 5.42. The van der Waals surface area contributed by atoms with Gasteiger partial charge in [0.05, 0.1) is 6.54 Å². The summed E-state index contributed by atoms with van der Waals surface area (Å²) >= 11 is 0. The molecule has 104 valence electrons. The van der Waals surface area contributed by atoms with Crippen LogP contribution >= 0.6 is 0 Å². The second-order valence-electron chi connectivity index (χ2n) is 4.29. The molecule has 0 fully saturated rings. The van der Waals surface area contributed by atoms with E-state index in [0.717, 1.165) is 11.1 Å². The van der Waals surface area contributed by atoms with E-state index >= 15 is 0 Å². The van der Waals surface area contributed by atoms with Gasteiger partial charge in [0.25, 0.3) is 5.91 Å². The number of ether oxygens (including phenoxy) is 1. The second kappa shape index (κ2) is 7.41. The Labute approximate surface area is 113 Å². The molecule has 2 amide bonds. The fraction of sp³-hybridized carbons (Fsp3) is 0.429. The van der Waals surface area contributed by atoms with E-state index in [4.69, 9.17) is 4.74 Å². The fourth-order valence-electron chi connectivity index (χ4n) is 1.59. The predicted molar refractivity (Wildman–Crippen MR) is 73.1 cm³/mol. The first-order valence-corrected chi connectivity index (χ1v) is 6.26. The molecule has 1 aromatic carbocycles. The maximum absolute atomic E-state index is 11.5. The number of benzene rings is 1. The molecule has 0 unspecified atom stereocenters. The zero-order chi connectivity index (χ0) is 14.3. The molecule has 19 heavy (non-hydrogen) atoms. The molecule has 0 saturated heterocycles. The van der Waals surface area contributed by atoms with Crippen molar-refractivity contribution in [2.45, 2.75) is 20.8 Å². The van der Waals surface area contributed by atoms with Crippen LogP contribution in [0.5, 0.6) is 5.75 Å². The van der Waals surface area contributed by atoms with E-state index < -0.39 is 0 Å². The summed E-state index contributed by atoms with van der Waals surface area (Å²) in [6.07, 6.45) is 0. The molecular formula is C14H20N2O3. The van der Waals surface area contributed by atoms with Gasteiger partial charge in [-0.3, -0.25) is 9.59 Å². The first kappa shape index (κ1) is 15.0. The number of carbonyl (C=O) groups is 2. The summed E-state index contributed by atoms with van der Waals surface area (Å²) in [4.78, 5) is 22.6. The molecule has 0 heterocycles. The standard InChI is InChI=1S/C14H20N2O3/c1-4-15-13(17)8-16-14(18)9-19-12-6-5-10(2)7-11(12)3/h5-7H,4,8-9H2,1-3H3,(H,15,17)(H,16,18). The topological polar surface area (TPSA) is 67.4 Å². The summed E-state index contributed by atoms with van der Waals surface area (Å²) in [6.45, 7) is 6.17. The molecule has 0 aliphatic heterocycles. The van der Waals surface area contributed by atoms with E-state index in [-0.39, 0.29) is 25.0 Å². The summed E-state index contributed by atoms with van der Waals surface area (Å²) in [5.41, 5.74) is 2.13. The summed E-state index contributed by atoms with van der Waals surface area (Å²) < 4.78 is 5.40. The van der Waals surface area contributed by atoms with E-state index in [1.54, 1.807) is 0 Å². The molecule has 1 aromatic rings. The van der Waals surface area contributed by atoms with Crippen LogP contribution in [0.3, 0.4) is 0 Å². The maximum atomic E-state index is 11.5. The summed E-state index contributed by atoms with van der Waals surface area (Å²) in [5, 5.41) is 5.09. The van der Waals surface area contributed by atoms with E-state index in [1.165, 1.54) is 0 Å². The lowest BCUT2D eigenvalue weighted by atomic mass is 10.1. The minimum atomic E-state index is -0.314. The number of rotatable bonds is 6. The second-order valence-corrected chi connectivity index (χ2v) is 4.29. The largest absolute Gasteiger partial charge is 0.484 e. The summed E-state index contributed by atoms with van der Waals surface area (Å²) in [5.74, 6) is 0.160. The average Bonchev–Trinajstić information content (AvgIpc) is 2.35. The van der Waals surface area contributed by atoms with E-state index in [2.05, 4.69) is 10.6 Å². The van der Waals surface area contributed by atoms with Crippen LogP contribution in [0.25, 0.3) is 0 Å². The number of amides is 2. The van der Waals surface area contributed by atoms with Crippen LogP contribution in [-0.4, -0.2) is 31.5 Å². The predicted octanol–water partition coefficient (Wildman–Crippen LogP) is 0.935. The Morgan fingerprint density at radius 2 is 1.89 bits per heavy atom. The van der Waals surface area contributed by atoms with Crippen molar-refractivity contribution in [3.05, 3.63) is 29.3 Å². The van der Waals surface area contributed by atoms with Crippen LogP contribution in [0.15, 0.2) is 18.2 Å². The summed E-state index contributed by atoms with van der Waals surface area (Å²) in [6, 6.07) is 5.75. The molecule has 0 aliphatic rings. The van der Waals surface area contributed by atoms with Crippen LogP contribution in [0.1, 0.15) is 18.1 Å². The van der Waals surface area contributed by atoms with Gasteiger partial charge in [0.15, 0.2) is 6.61 Å². The Bertz CT molecular complexity index is 458. The lowest BCUT2D eigenvalue weighted by Gasteiger charge is -2.10. The molecule has 1 rings (SSSR count). The Morgan fingerprint density at radius 1 is 1.16 bits per heavy atom. The zero-order valence-corrected chi connectivity index (χ0v) is 11.6. The molecule has 0 bridgehead atoms. The van der Waals surface area contributed by atoms with Crippen LogP contribution in [0, 0.1) is 13.8 Å². The SMILES string of the molecule is CCNC(=O)CNC(=O)COc1ccc(C)cc1C. The van der Waals surface area contributed by atoms with Crippen molar-refractivity contribution in [2.75, 3.05) is 19.7 Å². The van der Waals surface area contributed by atoms with E-state index in [9.17, 15) is 9.59 Å². The highest BCUT2D eigenvalue weighted by molar-refractivity contribution is 5.85. The van der Waals surface area contributed by atoms with Crippen molar-refractivity contribution >= 4 is 11.8 Å². The first-order valence-electron chi connectivity index (χ1n) is 6.26. The average molecular weight is 264 g/mol. The highest BCUT2D eigenvalue weighted by atomic mass is 16.5. The van der Waals surface area contributed by atoms with Gasteiger partial charge in [0.2, 0.25) is 5.91 Å². The van der Waals surface area contributed by atoms with Crippen LogP contribution in [-0.2, 0) is 9.59 Å². The van der Waals surface area contributed by atoms with Crippen LogP contribution < -0.4 is 15.4 Å². The monoisotopic (exact) mass is 264 g/mol. The molecule has 2 N–H and O–H groups in total. The minimum Gasteiger partial charge on any atom is -0.484 e. The molecule has 0 aliphatic carbocycles. The molecule has 0 saturated carbocycles. The molecule has 5 heteroatoms. The highest BCUT2D eigenvalue weighted by Gasteiger charge is 2.06. The van der Waals surface area contributed by atoms with Gasteiger partial charge < -0.3 is 15.4 Å². The first-order chi connectivity index (χ1) is 9.02. The third-order valence-corrected chi connectivity index (χ3v) is 2.51. The molecule has 0 radical (unpaired) electrons. The van der Waals surface area contributed by atoms with Crippen molar-refractivity contribution < 1.29 is 14.3 Å². The Morgan fingerprint density at radius 3 is 2.53 bits per heavy atom. The number of likely N-dealkylation sites (N-methyl/N-ethyl adjacent to an activating group) is 1. The molecule has 0 spiro atoms. The smallest absolute Gasteiger partial charge is 0.258 e. The lowest BCUT2D eigenvalue weighted by molar-refractivity contribution is -0.127. The summed E-state index contributed by atoms with van der Waals surface area (Å²) in [7, 11) is 0. The van der Waals surface area contributed by atoms with Gasteiger partial charge in [-0.15, -0.1) is 0 Å². The van der Waals surface area contributed by atoms with Gasteiger partial charge in [0.1, 0.15) is 5.75 Å². The van der Waals surface area contributed by atoms with Gasteiger partial charge in [0, 0.05) is 6.54 Å². The molecule has 5 nitrogen and oxygen atoms in total. The highest BCUT2D eigenvalue weighted by Crippen LogP contribution is 2.18. The number of carbonyl (C=O) groups excluding carboxylic acids is 2. The van der Waals surface area contributed by atoms with Crippen LogP contribution in [0.4, 0.5) is 0 Å². The number of nitrogens with one attached hydrogen (secondary N) is 2. The normalized spacial score (nSPS) is 9.84. The van der Waals surface area contributed by atoms with E-state index in [1.807, 2.05) is 39.0 Å². The number of hydrogen-bond donors (Lipinski definition) is 2. The van der Waals surface area contributed by atoms with Gasteiger partial charge in [-0.1, -0.05) is 17.7 Å². The molecule has 0 atom stereocenters. The van der Waals surface area contributed by atoms with E-state index in [0.29, 0.717) is 12.3 Å². The fourth-order valence-corrected chi connectivity index (χ4v) is 1.59. The van der Waals surface area contributed by atoms with Crippen molar-refractivity contribution in [3.63, 3.8) is 0 Å². The maximum Gasteiger partial charge on any atom is 0.258 e. The Hall–Kier alpha value is -2.04. The van der Waals surface area contributed by atoms with Crippen molar-refractivity contribution in [2.24, 2.45) is 0 Å². The Balaban J connectivity index is 2.36. The van der Waals surface area contributed by atoms with Gasteiger partial charge in [-0.05, 0) is 32.4 Å². The van der Waals surface area contributed by atoms with Gasteiger partial charge in [-0.25, -0.2) is 0 Å².